The summed E-state index contributed by atoms with van der Waals surface area (Å²) in [6.45, 7) is 0. The van der Waals surface area contributed by atoms with Gasteiger partial charge in [-0.1, -0.05) is 11.6 Å². The number of halogens is 1. The van der Waals surface area contributed by atoms with Crippen molar-refractivity contribution in [3.63, 3.8) is 0 Å². The van der Waals surface area contributed by atoms with Gasteiger partial charge >= 0.3 is 5.97 Å². The number of aromatic nitrogens is 2. The fraction of sp³-hybridized carbons (Fsp3) is 0.267. The van der Waals surface area contributed by atoms with Gasteiger partial charge < -0.3 is 9.47 Å². The molecule has 0 spiro atoms. The van der Waals surface area contributed by atoms with Crippen molar-refractivity contribution in [2.24, 2.45) is 0 Å². The van der Waals surface area contributed by atoms with Crippen LogP contribution in [0, 0.1) is 0 Å². The van der Waals surface area contributed by atoms with Gasteiger partial charge in [-0.25, -0.2) is 9.78 Å². The summed E-state index contributed by atoms with van der Waals surface area (Å²) in [5.41, 5.74) is 1.07. The van der Waals surface area contributed by atoms with E-state index in [1.54, 1.807) is 12.1 Å². The van der Waals surface area contributed by atoms with E-state index in [4.69, 9.17) is 21.1 Å². The molecular formula is C15H13ClN2O3. The maximum atomic E-state index is 12.1. The van der Waals surface area contributed by atoms with Crippen LogP contribution >= 0.6 is 11.6 Å². The summed E-state index contributed by atoms with van der Waals surface area (Å²) in [4.78, 5) is 20.1. The van der Waals surface area contributed by atoms with E-state index in [9.17, 15) is 4.79 Å². The van der Waals surface area contributed by atoms with Crippen LogP contribution in [-0.2, 0) is 0 Å². The van der Waals surface area contributed by atoms with Crippen molar-refractivity contribution in [2.45, 2.75) is 18.8 Å². The number of carbonyl (C=O) groups is 1. The first-order valence-electron chi connectivity index (χ1n) is 6.55. The van der Waals surface area contributed by atoms with Crippen LogP contribution in [0.3, 0.4) is 0 Å². The topological polar surface area (TPSA) is 61.3 Å². The summed E-state index contributed by atoms with van der Waals surface area (Å²) < 4.78 is 10.4. The van der Waals surface area contributed by atoms with Crippen LogP contribution in [0.25, 0.3) is 0 Å². The molecule has 0 saturated heterocycles. The van der Waals surface area contributed by atoms with Gasteiger partial charge in [0.25, 0.3) is 0 Å². The Hall–Kier alpha value is -2.14. The molecule has 21 heavy (non-hydrogen) atoms. The molecule has 1 aromatic carbocycles. The van der Waals surface area contributed by atoms with E-state index in [1.165, 1.54) is 19.5 Å². The van der Waals surface area contributed by atoms with Gasteiger partial charge in [-0.05, 0) is 42.5 Å². The summed E-state index contributed by atoms with van der Waals surface area (Å²) in [5, 5.41) is 0.637. The van der Waals surface area contributed by atoms with Gasteiger partial charge in [-0.15, -0.1) is 0 Å². The second-order valence-corrected chi connectivity index (χ2v) is 5.23. The number of methoxy groups -OCH3 is 1. The number of nitrogens with zero attached hydrogens (tertiary/aromatic N) is 2. The van der Waals surface area contributed by atoms with Crippen molar-refractivity contribution in [3.05, 3.63) is 46.9 Å². The van der Waals surface area contributed by atoms with Gasteiger partial charge in [-0.2, -0.15) is 0 Å². The standard InChI is InChI=1S/C15H13ClN2O3/c1-20-14-8-17-7-12(18-14)15(19)21-13-5-4-10(16)6-11(13)9-2-3-9/h4-9H,2-3H2,1H3. The highest BCUT2D eigenvalue weighted by atomic mass is 35.5. The predicted octanol–water partition coefficient (Wildman–Crippen LogP) is 3.24. The molecule has 0 N–H and O–H groups in total. The van der Waals surface area contributed by atoms with Crippen LogP contribution in [0.2, 0.25) is 5.02 Å². The molecule has 2 aromatic rings. The summed E-state index contributed by atoms with van der Waals surface area (Å²) in [6.07, 6.45) is 4.94. The second kappa shape index (κ2) is 5.69. The van der Waals surface area contributed by atoms with Crippen LogP contribution in [-0.4, -0.2) is 23.0 Å². The van der Waals surface area contributed by atoms with Gasteiger partial charge in [-0.3, -0.25) is 4.98 Å². The minimum atomic E-state index is -0.564. The highest BCUT2D eigenvalue weighted by Gasteiger charge is 2.28. The van der Waals surface area contributed by atoms with Crippen LogP contribution in [0.5, 0.6) is 11.6 Å². The maximum absolute atomic E-state index is 12.1. The fourth-order valence-corrected chi connectivity index (χ4v) is 2.20. The predicted molar refractivity (Wildman–Crippen MR) is 77.0 cm³/mol. The van der Waals surface area contributed by atoms with Gasteiger partial charge in [0.1, 0.15) is 5.75 Å². The van der Waals surface area contributed by atoms with Crippen molar-refractivity contribution in [1.82, 2.24) is 9.97 Å². The van der Waals surface area contributed by atoms with Crippen molar-refractivity contribution in [2.75, 3.05) is 7.11 Å². The Kier molecular flexibility index (Phi) is 3.75. The molecule has 1 fully saturated rings. The molecule has 1 aliphatic carbocycles. The van der Waals surface area contributed by atoms with E-state index in [1.807, 2.05) is 6.07 Å². The fourth-order valence-electron chi connectivity index (χ4n) is 2.02. The Bertz CT molecular complexity index is 686. The third-order valence-electron chi connectivity index (χ3n) is 3.22. The summed E-state index contributed by atoms with van der Waals surface area (Å²) >= 11 is 6.00. The van der Waals surface area contributed by atoms with Crippen LogP contribution in [0.4, 0.5) is 0 Å². The zero-order valence-corrected chi connectivity index (χ0v) is 12.1. The van der Waals surface area contributed by atoms with E-state index >= 15 is 0 Å². The van der Waals surface area contributed by atoms with Gasteiger partial charge in [0.15, 0.2) is 5.69 Å². The smallest absolute Gasteiger partial charge is 0.364 e. The number of ether oxygens (including phenoxy) is 2. The summed E-state index contributed by atoms with van der Waals surface area (Å²) in [6, 6.07) is 5.26. The van der Waals surface area contributed by atoms with E-state index in [0.29, 0.717) is 16.7 Å². The third kappa shape index (κ3) is 3.13. The van der Waals surface area contributed by atoms with Crippen LogP contribution in [0.15, 0.2) is 30.6 Å². The first-order valence-corrected chi connectivity index (χ1v) is 6.93. The molecule has 1 saturated carbocycles. The zero-order valence-electron chi connectivity index (χ0n) is 11.4. The monoisotopic (exact) mass is 304 g/mol. The first kappa shape index (κ1) is 13.8. The number of benzene rings is 1. The molecule has 6 heteroatoms. The largest absolute Gasteiger partial charge is 0.480 e. The summed E-state index contributed by atoms with van der Waals surface area (Å²) in [5.74, 6) is 0.646. The Balaban J connectivity index is 1.84. The Morgan fingerprint density at radius 2 is 2.14 bits per heavy atom. The maximum Gasteiger partial charge on any atom is 0.364 e. The van der Waals surface area contributed by atoms with E-state index in [2.05, 4.69) is 9.97 Å². The summed E-state index contributed by atoms with van der Waals surface area (Å²) in [7, 11) is 1.46. The number of esters is 1. The quantitative estimate of drug-likeness (QED) is 0.641. The van der Waals surface area contributed by atoms with Crippen LogP contribution in [0.1, 0.15) is 34.8 Å². The number of hydrogen-bond acceptors (Lipinski definition) is 5. The minimum absolute atomic E-state index is 0.103. The lowest BCUT2D eigenvalue weighted by Gasteiger charge is -2.09. The van der Waals surface area contributed by atoms with Crippen molar-refractivity contribution in [3.8, 4) is 11.6 Å². The Morgan fingerprint density at radius 3 is 2.86 bits per heavy atom. The molecular weight excluding hydrogens is 292 g/mol. The molecule has 1 aliphatic rings. The first-order chi connectivity index (χ1) is 10.2. The lowest BCUT2D eigenvalue weighted by Crippen LogP contribution is -2.12. The molecule has 0 unspecified atom stereocenters. The SMILES string of the molecule is COc1cncc(C(=O)Oc2ccc(Cl)cc2C2CC2)n1. The Labute approximate surface area is 126 Å². The second-order valence-electron chi connectivity index (χ2n) is 4.79. The van der Waals surface area contributed by atoms with E-state index in [-0.39, 0.29) is 11.6 Å². The van der Waals surface area contributed by atoms with Gasteiger partial charge in [0.05, 0.1) is 19.5 Å². The third-order valence-corrected chi connectivity index (χ3v) is 3.46. The average Bonchev–Trinajstić information content (AvgIpc) is 3.33. The molecule has 0 radical (unpaired) electrons. The van der Waals surface area contributed by atoms with Crippen molar-refractivity contribution >= 4 is 17.6 Å². The van der Waals surface area contributed by atoms with Gasteiger partial charge in [0.2, 0.25) is 5.88 Å². The molecule has 1 aromatic heterocycles. The van der Waals surface area contributed by atoms with Crippen molar-refractivity contribution in [1.29, 1.82) is 0 Å². The average molecular weight is 305 g/mol. The van der Waals surface area contributed by atoms with E-state index < -0.39 is 5.97 Å². The lowest BCUT2D eigenvalue weighted by atomic mass is 10.1. The Morgan fingerprint density at radius 1 is 1.33 bits per heavy atom. The van der Waals surface area contributed by atoms with Crippen LogP contribution < -0.4 is 9.47 Å². The molecule has 0 atom stereocenters. The highest BCUT2D eigenvalue weighted by Crippen LogP contribution is 2.45. The molecule has 1 heterocycles. The molecule has 0 bridgehead atoms. The molecule has 0 amide bonds. The number of hydrogen-bond donors (Lipinski definition) is 0. The zero-order chi connectivity index (χ0) is 14.8. The molecule has 0 aliphatic heterocycles. The van der Waals surface area contributed by atoms with E-state index in [0.717, 1.165) is 18.4 Å². The number of rotatable bonds is 4. The number of carbonyl (C=O) groups excluding carboxylic acids is 1. The van der Waals surface area contributed by atoms with Crippen molar-refractivity contribution < 1.29 is 14.3 Å². The molecule has 5 nitrogen and oxygen atoms in total. The van der Waals surface area contributed by atoms with Gasteiger partial charge in [0, 0.05) is 5.02 Å². The highest BCUT2D eigenvalue weighted by molar-refractivity contribution is 6.30. The molecule has 3 rings (SSSR count). The minimum Gasteiger partial charge on any atom is -0.480 e. The normalized spacial score (nSPS) is 13.8. The lowest BCUT2D eigenvalue weighted by molar-refractivity contribution is 0.0725. The molecule has 108 valence electrons.